The number of imide groups is 1. The average molecular weight is 316 g/mol. The summed E-state index contributed by atoms with van der Waals surface area (Å²) < 4.78 is 43.2. The summed E-state index contributed by atoms with van der Waals surface area (Å²) in [6.45, 7) is 4.93. The fourth-order valence-electron chi connectivity index (χ4n) is 1.99. The molecule has 2 amide bonds. The number of hydrogen-bond donors (Lipinski definition) is 0. The molecule has 0 aliphatic carbocycles. The fourth-order valence-corrected chi connectivity index (χ4v) is 1.99. The molecular formula is C14H15F3N2O3. The molecule has 1 aliphatic rings. The van der Waals surface area contributed by atoms with Crippen molar-refractivity contribution in [3.63, 3.8) is 0 Å². The molecule has 1 aromatic rings. The lowest BCUT2D eigenvalue weighted by molar-refractivity contribution is -0.137. The molecule has 2 heterocycles. The van der Waals surface area contributed by atoms with Crippen LogP contribution in [0.15, 0.2) is 12.3 Å². The van der Waals surface area contributed by atoms with Gasteiger partial charge in [-0.15, -0.1) is 0 Å². The SMILES string of the molecule is CC(C)(C)OC(=O)N1CCc2ncc(C(F)(F)F)cc2C1=O. The number of amides is 2. The molecule has 1 aliphatic heterocycles. The molecule has 0 saturated carbocycles. The third-order valence-corrected chi connectivity index (χ3v) is 2.96. The van der Waals surface area contributed by atoms with E-state index in [-0.39, 0.29) is 24.2 Å². The van der Waals surface area contributed by atoms with Crippen LogP contribution in [0.1, 0.15) is 42.4 Å². The zero-order valence-electron chi connectivity index (χ0n) is 12.3. The Hall–Kier alpha value is -2.12. The molecule has 0 spiro atoms. The van der Waals surface area contributed by atoms with Crippen molar-refractivity contribution in [2.45, 2.75) is 39.0 Å². The van der Waals surface area contributed by atoms with Crippen LogP contribution in [0.4, 0.5) is 18.0 Å². The number of fused-ring (bicyclic) bond motifs is 1. The van der Waals surface area contributed by atoms with Gasteiger partial charge in [-0.05, 0) is 26.8 Å². The quantitative estimate of drug-likeness (QED) is 0.738. The van der Waals surface area contributed by atoms with Gasteiger partial charge in [0, 0.05) is 19.2 Å². The Morgan fingerprint density at radius 1 is 1.32 bits per heavy atom. The van der Waals surface area contributed by atoms with Crippen LogP contribution in [0.25, 0.3) is 0 Å². The predicted octanol–water partition coefficient (Wildman–Crippen LogP) is 3.03. The van der Waals surface area contributed by atoms with Gasteiger partial charge >= 0.3 is 12.3 Å². The van der Waals surface area contributed by atoms with E-state index < -0.39 is 29.3 Å². The first kappa shape index (κ1) is 16.3. The van der Waals surface area contributed by atoms with Gasteiger partial charge in [-0.2, -0.15) is 13.2 Å². The molecular weight excluding hydrogens is 301 g/mol. The molecule has 0 N–H and O–H groups in total. The summed E-state index contributed by atoms with van der Waals surface area (Å²) in [5.74, 6) is -0.825. The molecule has 0 fully saturated rings. The molecule has 2 rings (SSSR count). The van der Waals surface area contributed by atoms with Gasteiger partial charge in [0.05, 0.1) is 16.8 Å². The van der Waals surface area contributed by atoms with Gasteiger partial charge in [0.2, 0.25) is 0 Å². The molecule has 0 radical (unpaired) electrons. The van der Waals surface area contributed by atoms with Crippen LogP contribution in [-0.4, -0.2) is 34.0 Å². The van der Waals surface area contributed by atoms with Gasteiger partial charge in [-0.1, -0.05) is 0 Å². The summed E-state index contributed by atoms with van der Waals surface area (Å²) in [6, 6.07) is 0.723. The van der Waals surface area contributed by atoms with Crippen molar-refractivity contribution in [2.75, 3.05) is 6.54 Å². The van der Waals surface area contributed by atoms with E-state index in [1.54, 1.807) is 20.8 Å². The van der Waals surface area contributed by atoms with E-state index in [1.165, 1.54) is 0 Å². The minimum Gasteiger partial charge on any atom is -0.443 e. The molecule has 0 atom stereocenters. The van der Waals surface area contributed by atoms with E-state index in [4.69, 9.17) is 4.74 Å². The van der Waals surface area contributed by atoms with Crippen molar-refractivity contribution in [1.29, 1.82) is 0 Å². The molecule has 8 heteroatoms. The van der Waals surface area contributed by atoms with Crippen LogP contribution in [0.5, 0.6) is 0 Å². The largest absolute Gasteiger partial charge is 0.443 e. The lowest BCUT2D eigenvalue weighted by atomic mass is 10.0. The van der Waals surface area contributed by atoms with Crippen molar-refractivity contribution in [2.24, 2.45) is 0 Å². The highest BCUT2D eigenvalue weighted by molar-refractivity contribution is 6.04. The zero-order chi connectivity index (χ0) is 16.7. The second-order valence-corrected chi connectivity index (χ2v) is 5.90. The molecule has 0 aromatic carbocycles. The lowest BCUT2D eigenvalue weighted by Crippen LogP contribution is -2.45. The normalized spacial score (nSPS) is 15.5. The Balaban J connectivity index is 2.31. The van der Waals surface area contributed by atoms with Crippen LogP contribution in [0.2, 0.25) is 0 Å². The molecule has 1 aromatic heterocycles. The van der Waals surface area contributed by atoms with Crippen LogP contribution < -0.4 is 0 Å². The number of hydrogen-bond acceptors (Lipinski definition) is 4. The Morgan fingerprint density at radius 2 is 1.95 bits per heavy atom. The van der Waals surface area contributed by atoms with Gasteiger partial charge in [0.1, 0.15) is 5.60 Å². The van der Waals surface area contributed by atoms with Crippen molar-refractivity contribution in [1.82, 2.24) is 9.88 Å². The number of carbonyl (C=O) groups excluding carboxylic acids is 2. The van der Waals surface area contributed by atoms with Crippen LogP contribution >= 0.6 is 0 Å². The highest BCUT2D eigenvalue weighted by Gasteiger charge is 2.37. The van der Waals surface area contributed by atoms with E-state index in [0.717, 1.165) is 11.0 Å². The first-order chi connectivity index (χ1) is 9.99. The van der Waals surface area contributed by atoms with E-state index in [2.05, 4.69) is 4.98 Å². The molecule has 0 unspecified atom stereocenters. The van der Waals surface area contributed by atoms with Crippen LogP contribution in [-0.2, 0) is 17.3 Å². The number of aromatic nitrogens is 1. The average Bonchev–Trinajstić information content (AvgIpc) is 2.35. The molecule has 120 valence electrons. The summed E-state index contributed by atoms with van der Waals surface area (Å²) in [6.07, 6.45) is -4.59. The number of rotatable bonds is 0. The maximum atomic E-state index is 12.7. The van der Waals surface area contributed by atoms with Crippen molar-refractivity contribution in [3.8, 4) is 0 Å². The number of carbonyl (C=O) groups is 2. The van der Waals surface area contributed by atoms with Gasteiger partial charge in [0.15, 0.2) is 0 Å². The summed E-state index contributed by atoms with van der Waals surface area (Å²) in [5.41, 5.74) is -1.79. The first-order valence-corrected chi connectivity index (χ1v) is 6.60. The smallest absolute Gasteiger partial charge is 0.417 e. The minimum atomic E-state index is -4.60. The number of nitrogens with zero attached hydrogens (tertiary/aromatic N) is 2. The molecule has 0 saturated heterocycles. The first-order valence-electron chi connectivity index (χ1n) is 6.60. The van der Waals surface area contributed by atoms with E-state index in [0.29, 0.717) is 6.20 Å². The second-order valence-electron chi connectivity index (χ2n) is 5.90. The Bertz CT molecular complexity index is 621. The van der Waals surface area contributed by atoms with Crippen LogP contribution in [0.3, 0.4) is 0 Å². The Labute approximate surface area is 125 Å². The minimum absolute atomic E-state index is 0.0269. The summed E-state index contributed by atoms with van der Waals surface area (Å²) in [4.78, 5) is 28.7. The van der Waals surface area contributed by atoms with E-state index >= 15 is 0 Å². The third-order valence-electron chi connectivity index (χ3n) is 2.96. The maximum absolute atomic E-state index is 12.7. The van der Waals surface area contributed by atoms with Gasteiger partial charge in [0.25, 0.3) is 5.91 Å². The lowest BCUT2D eigenvalue weighted by Gasteiger charge is -2.29. The molecule has 0 bridgehead atoms. The van der Waals surface area contributed by atoms with E-state index in [1.807, 2.05) is 0 Å². The summed E-state index contributed by atoms with van der Waals surface area (Å²) in [7, 11) is 0. The number of pyridine rings is 1. The standard InChI is InChI=1S/C14H15F3N2O3/c1-13(2,3)22-12(21)19-5-4-10-9(11(19)20)6-8(7-18-10)14(15,16)17/h6-7H,4-5H2,1-3H3. The van der Waals surface area contributed by atoms with Crippen molar-refractivity contribution in [3.05, 3.63) is 29.1 Å². The Kier molecular flexibility index (Phi) is 3.88. The topological polar surface area (TPSA) is 59.5 Å². The number of halogens is 3. The highest BCUT2D eigenvalue weighted by Crippen LogP contribution is 2.31. The van der Waals surface area contributed by atoms with Gasteiger partial charge < -0.3 is 4.74 Å². The van der Waals surface area contributed by atoms with Crippen LogP contribution in [0, 0.1) is 0 Å². The zero-order valence-corrected chi connectivity index (χ0v) is 12.3. The molecule has 5 nitrogen and oxygen atoms in total. The van der Waals surface area contributed by atoms with E-state index in [9.17, 15) is 22.8 Å². The Morgan fingerprint density at radius 3 is 2.50 bits per heavy atom. The number of alkyl halides is 3. The second kappa shape index (κ2) is 5.26. The highest BCUT2D eigenvalue weighted by atomic mass is 19.4. The third kappa shape index (κ3) is 3.37. The van der Waals surface area contributed by atoms with Crippen molar-refractivity contribution >= 4 is 12.0 Å². The predicted molar refractivity (Wildman–Crippen MR) is 70.2 cm³/mol. The van der Waals surface area contributed by atoms with Gasteiger partial charge in [-0.25, -0.2) is 9.69 Å². The number of ether oxygens (including phenoxy) is 1. The molecule has 22 heavy (non-hydrogen) atoms. The summed E-state index contributed by atoms with van der Waals surface area (Å²) in [5, 5.41) is 0. The monoisotopic (exact) mass is 316 g/mol. The van der Waals surface area contributed by atoms with Crippen molar-refractivity contribution < 1.29 is 27.5 Å². The fraction of sp³-hybridized carbons (Fsp3) is 0.500. The van der Waals surface area contributed by atoms with Gasteiger partial charge in [-0.3, -0.25) is 9.78 Å². The summed E-state index contributed by atoms with van der Waals surface area (Å²) >= 11 is 0. The maximum Gasteiger partial charge on any atom is 0.417 e.